The van der Waals surface area contributed by atoms with Gasteiger partial charge in [-0.2, -0.15) is 0 Å². The van der Waals surface area contributed by atoms with Crippen LogP contribution in [-0.2, 0) is 19.1 Å². The van der Waals surface area contributed by atoms with Crippen LogP contribution in [0.15, 0.2) is 36.4 Å². The summed E-state index contributed by atoms with van der Waals surface area (Å²) in [5.41, 5.74) is -0.920. The molecule has 0 fully saturated rings. The molecule has 216 valence electrons. The van der Waals surface area contributed by atoms with Gasteiger partial charge in [0.05, 0.1) is 5.69 Å². The molecule has 0 unspecified atom stereocenters. The molecule has 1 aliphatic rings. The summed E-state index contributed by atoms with van der Waals surface area (Å²) in [4.78, 5) is 55.3. The van der Waals surface area contributed by atoms with Crippen molar-refractivity contribution >= 4 is 29.4 Å². The van der Waals surface area contributed by atoms with Crippen molar-refractivity contribution in [2.45, 2.75) is 66.6 Å². The van der Waals surface area contributed by atoms with Crippen LogP contribution in [-0.4, -0.2) is 66.1 Å². The largest absolute Gasteiger partial charge is 0.481 e. The quantitative estimate of drug-likeness (QED) is 0.420. The minimum Gasteiger partial charge on any atom is -0.481 e. The van der Waals surface area contributed by atoms with Gasteiger partial charge in [-0.15, -0.1) is 0 Å². The third-order valence-corrected chi connectivity index (χ3v) is 5.69. The Labute approximate surface area is 235 Å². The van der Waals surface area contributed by atoms with Crippen LogP contribution < -0.4 is 14.4 Å². The van der Waals surface area contributed by atoms with Crippen molar-refractivity contribution < 1.29 is 38.1 Å². The van der Waals surface area contributed by atoms with E-state index < -0.39 is 42.2 Å². The Morgan fingerprint density at radius 1 is 0.875 bits per heavy atom. The smallest absolute Gasteiger partial charge is 0.344 e. The first-order valence-electron chi connectivity index (χ1n) is 13.3. The molecule has 0 aliphatic carbocycles. The van der Waals surface area contributed by atoms with Gasteiger partial charge >= 0.3 is 11.9 Å². The zero-order chi connectivity index (χ0) is 29.8. The maximum Gasteiger partial charge on any atom is 0.344 e. The molecule has 10 heteroatoms. The highest BCUT2D eigenvalue weighted by Crippen LogP contribution is 2.42. The van der Waals surface area contributed by atoms with Crippen molar-refractivity contribution in [2.75, 3.05) is 31.1 Å². The number of fused-ring (bicyclic) bond motifs is 2. The zero-order valence-corrected chi connectivity index (χ0v) is 24.5. The molecule has 0 saturated heterocycles. The van der Waals surface area contributed by atoms with Gasteiger partial charge in [0.25, 0.3) is 11.8 Å². The Morgan fingerprint density at radius 2 is 1.50 bits per heavy atom. The average molecular weight is 555 g/mol. The second kappa shape index (κ2) is 12.0. The number of hydrogen-bond donors (Lipinski definition) is 0. The zero-order valence-electron chi connectivity index (χ0n) is 24.5. The van der Waals surface area contributed by atoms with Crippen molar-refractivity contribution in [1.29, 1.82) is 0 Å². The number of benzene rings is 2. The molecule has 0 atom stereocenters. The van der Waals surface area contributed by atoms with E-state index in [4.69, 9.17) is 18.9 Å². The lowest BCUT2D eigenvalue weighted by Crippen LogP contribution is -2.39. The first-order chi connectivity index (χ1) is 18.6. The summed E-state index contributed by atoms with van der Waals surface area (Å²) in [5, 5.41) is 0. The molecule has 2 aromatic rings. The fourth-order valence-electron chi connectivity index (χ4n) is 4.10. The molecule has 40 heavy (non-hydrogen) atoms. The monoisotopic (exact) mass is 554 g/mol. The van der Waals surface area contributed by atoms with Crippen molar-refractivity contribution in [2.24, 2.45) is 0 Å². The molecular formula is C30H38N2O8. The van der Waals surface area contributed by atoms with E-state index >= 15 is 0 Å². The Balaban J connectivity index is 2.07. The number of amides is 2. The lowest BCUT2D eigenvalue weighted by atomic mass is 10.1. The summed E-state index contributed by atoms with van der Waals surface area (Å²) < 4.78 is 22.6. The number of hydrogen-bond acceptors (Lipinski definition) is 8. The van der Waals surface area contributed by atoms with Crippen molar-refractivity contribution in [1.82, 2.24) is 4.90 Å². The van der Waals surface area contributed by atoms with Crippen molar-refractivity contribution in [3.63, 3.8) is 0 Å². The van der Waals surface area contributed by atoms with Gasteiger partial charge in [0.15, 0.2) is 12.4 Å². The van der Waals surface area contributed by atoms with E-state index in [0.717, 1.165) is 0 Å². The molecule has 0 radical (unpaired) electrons. The van der Waals surface area contributed by atoms with Crippen LogP contribution in [0.1, 0.15) is 76.1 Å². The van der Waals surface area contributed by atoms with Crippen molar-refractivity contribution in [3.05, 3.63) is 47.5 Å². The van der Waals surface area contributed by atoms with Crippen LogP contribution in [0.3, 0.4) is 0 Å². The van der Waals surface area contributed by atoms with Crippen LogP contribution in [0.5, 0.6) is 17.2 Å². The van der Waals surface area contributed by atoms with Crippen LogP contribution >= 0.6 is 0 Å². The molecule has 1 aliphatic heterocycles. The fourth-order valence-corrected chi connectivity index (χ4v) is 4.10. The van der Waals surface area contributed by atoms with E-state index in [0.29, 0.717) is 18.7 Å². The van der Waals surface area contributed by atoms with Gasteiger partial charge in [0, 0.05) is 18.7 Å². The van der Waals surface area contributed by atoms with Gasteiger partial charge < -0.3 is 23.8 Å². The molecule has 3 rings (SSSR count). The number of esters is 2. The van der Waals surface area contributed by atoms with Gasteiger partial charge in [0.2, 0.25) is 0 Å². The van der Waals surface area contributed by atoms with Gasteiger partial charge in [0.1, 0.15) is 34.8 Å². The minimum atomic E-state index is -0.786. The van der Waals surface area contributed by atoms with Crippen LogP contribution in [0.25, 0.3) is 0 Å². The molecule has 0 aromatic heterocycles. The van der Waals surface area contributed by atoms with Crippen molar-refractivity contribution in [3.8, 4) is 17.2 Å². The van der Waals surface area contributed by atoms with E-state index in [1.54, 1.807) is 70.7 Å². The molecule has 2 aromatic carbocycles. The van der Waals surface area contributed by atoms with Gasteiger partial charge in [-0.3, -0.25) is 19.3 Å². The Morgan fingerprint density at radius 3 is 2.10 bits per heavy atom. The average Bonchev–Trinajstić information content (AvgIpc) is 2.95. The summed E-state index contributed by atoms with van der Waals surface area (Å²) in [5.74, 6) is -1.59. The predicted octanol–water partition coefficient (Wildman–Crippen LogP) is 4.98. The third kappa shape index (κ3) is 7.52. The summed E-state index contributed by atoms with van der Waals surface area (Å²) in [7, 11) is 0. The topological polar surface area (TPSA) is 112 Å². The first kappa shape index (κ1) is 30.5. The number of carbonyl (C=O) groups excluding carboxylic acids is 4. The molecule has 2 amide bonds. The summed E-state index contributed by atoms with van der Waals surface area (Å²) >= 11 is 0. The van der Waals surface area contributed by atoms with E-state index in [9.17, 15) is 19.2 Å². The third-order valence-electron chi connectivity index (χ3n) is 5.69. The van der Waals surface area contributed by atoms with E-state index in [-0.39, 0.29) is 34.4 Å². The predicted molar refractivity (Wildman–Crippen MR) is 149 cm³/mol. The van der Waals surface area contributed by atoms with Crippen LogP contribution in [0.2, 0.25) is 0 Å². The van der Waals surface area contributed by atoms with Crippen LogP contribution in [0.4, 0.5) is 5.69 Å². The minimum absolute atomic E-state index is 0.0161. The van der Waals surface area contributed by atoms with E-state index in [1.165, 1.54) is 17.0 Å². The number of anilines is 1. The maximum absolute atomic E-state index is 14.1. The molecule has 0 spiro atoms. The molecular weight excluding hydrogens is 516 g/mol. The number of carbonyl (C=O) groups is 4. The maximum atomic E-state index is 14.1. The van der Waals surface area contributed by atoms with Gasteiger partial charge in [-0.25, -0.2) is 4.79 Å². The highest BCUT2D eigenvalue weighted by atomic mass is 16.6. The molecule has 0 N–H and O–H groups in total. The highest BCUT2D eigenvalue weighted by Gasteiger charge is 2.34. The number of nitrogens with zero attached hydrogens (tertiary/aromatic N) is 2. The second-order valence-electron chi connectivity index (χ2n) is 11.2. The Kier molecular flexibility index (Phi) is 9.12. The summed E-state index contributed by atoms with van der Waals surface area (Å²) in [6.45, 7) is 14.3. The first-order valence-corrected chi connectivity index (χ1v) is 13.3. The normalized spacial score (nSPS) is 12.9. The van der Waals surface area contributed by atoms with E-state index in [1.807, 2.05) is 13.8 Å². The number of ether oxygens (including phenoxy) is 4. The highest BCUT2D eigenvalue weighted by molar-refractivity contribution is 6.13. The summed E-state index contributed by atoms with van der Waals surface area (Å²) in [6, 6.07) is 9.47. The van der Waals surface area contributed by atoms with Gasteiger partial charge in [-0.05, 0) is 85.7 Å². The Bertz CT molecular complexity index is 1290. The van der Waals surface area contributed by atoms with Gasteiger partial charge in [-0.1, -0.05) is 6.07 Å². The molecule has 0 bridgehead atoms. The van der Waals surface area contributed by atoms with Crippen LogP contribution in [0, 0.1) is 0 Å². The molecule has 10 nitrogen and oxygen atoms in total. The SMILES string of the molecule is CCN(CC)C(=O)c1ccc2c(c1)N(CC(=O)OC(C)(C)C)C(=O)c1c(OCC(=O)OC(C)(C)C)cccc1O2. The molecule has 1 heterocycles. The molecule has 0 saturated carbocycles. The number of rotatable bonds is 8. The lowest BCUT2D eigenvalue weighted by Gasteiger charge is -2.26. The fraction of sp³-hybridized carbons (Fsp3) is 0.467. The standard InChI is InChI=1S/C30H38N2O8/c1-9-31(10-2)27(35)19-14-15-21-20(16-19)32(17-24(33)39-29(3,4)5)28(36)26-22(12-11-13-23(26)38-21)37-18-25(34)40-30(6,7)8/h11-16H,9-10,17-18H2,1-8H3. The summed E-state index contributed by atoms with van der Waals surface area (Å²) in [6.07, 6.45) is 0. The van der Waals surface area contributed by atoms with E-state index in [2.05, 4.69) is 0 Å². The Hall–Kier alpha value is -4.08. The lowest BCUT2D eigenvalue weighted by molar-refractivity contribution is -0.157. The second-order valence-corrected chi connectivity index (χ2v) is 11.2.